The zero-order chi connectivity index (χ0) is 15.4. The number of ether oxygens (including phenoxy) is 1. The molecule has 3 N–H and O–H groups in total. The lowest BCUT2D eigenvalue weighted by atomic mass is 10.1. The molecular formula is C15H14F2N2O2. The number of halogens is 2. The molecule has 2 rings (SSSR count). The molecule has 0 aliphatic heterocycles. The molecule has 0 saturated carbocycles. The third kappa shape index (κ3) is 3.28. The Morgan fingerprint density at radius 3 is 2.24 bits per heavy atom. The summed E-state index contributed by atoms with van der Waals surface area (Å²) in [4.78, 5) is 0. The fraction of sp³-hybridized carbons (Fsp3) is 0.133. The molecule has 2 aromatic carbocycles. The van der Waals surface area contributed by atoms with Gasteiger partial charge in [0.2, 0.25) is 0 Å². The first-order valence-corrected chi connectivity index (χ1v) is 6.29. The van der Waals surface area contributed by atoms with Crippen LogP contribution in [-0.4, -0.2) is 11.0 Å². The molecule has 2 aromatic rings. The average molecular weight is 292 g/mol. The van der Waals surface area contributed by atoms with Crippen LogP contribution in [0.1, 0.15) is 18.1 Å². The van der Waals surface area contributed by atoms with Crippen LogP contribution in [0.3, 0.4) is 0 Å². The summed E-state index contributed by atoms with van der Waals surface area (Å²) in [5.41, 5.74) is 6.31. The Morgan fingerprint density at radius 1 is 1.19 bits per heavy atom. The second-order valence-electron chi connectivity index (χ2n) is 4.35. The van der Waals surface area contributed by atoms with Gasteiger partial charge < -0.3 is 15.7 Å². The normalized spacial score (nSPS) is 11.5. The molecule has 0 atom stereocenters. The summed E-state index contributed by atoms with van der Waals surface area (Å²) in [7, 11) is 0. The van der Waals surface area contributed by atoms with Gasteiger partial charge in [0.25, 0.3) is 0 Å². The van der Waals surface area contributed by atoms with Crippen LogP contribution in [-0.2, 0) is 6.42 Å². The summed E-state index contributed by atoms with van der Waals surface area (Å²) in [6.45, 7) is 2.00. The van der Waals surface area contributed by atoms with Crippen molar-refractivity contribution in [3.05, 3.63) is 59.2 Å². The van der Waals surface area contributed by atoms with Gasteiger partial charge in [-0.3, -0.25) is 0 Å². The molecule has 0 aliphatic carbocycles. The number of hydrogen-bond donors (Lipinski definition) is 2. The fourth-order valence-corrected chi connectivity index (χ4v) is 1.77. The molecule has 0 fully saturated rings. The van der Waals surface area contributed by atoms with Crippen LogP contribution in [0.5, 0.6) is 11.5 Å². The van der Waals surface area contributed by atoms with Gasteiger partial charge in [0, 0.05) is 5.56 Å². The van der Waals surface area contributed by atoms with Crippen molar-refractivity contribution in [2.45, 2.75) is 13.3 Å². The maximum Gasteiger partial charge on any atom is 0.198 e. The minimum Gasteiger partial charge on any atom is -0.451 e. The number of nitrogens with two attached hydrogens (primary N) is 1. The van der Waals surface area contributed by atoms with Crippen LogP contribution >= 0.6 is 0 Å². The Morgan fingerprint density at radius 2 is 1.76 bits per heavy atom. The van der Waals surface area contributed by atoms with Crippen molar-refractivity contribution in [3.63, 3.8) is 0 Å². The van der Waals surface area contributed by atoms with E-state index in [9.17, 15) is 8.78 Å². The Balaban J connectivity index is 2.31. The summed E-state index contributed by atoms with van der Waals surface area (Å²) in [6, 6.07) is 8.78. The van der Waals surface area contributed by atoms with Crippen molar-refractivity contribution >= 4 is 5.84 Å². The van der Waals surface area contributed by atoms with Gasteiger partial charge >= 0.3 is 0 Å². The van der Waals surface area contributed by atoms with Gasteiger partial charge in [0.05, 0.1) is 0 Å². The highest BCUT2D eigenvalue weighted by molar-refractivity contribution is 5.97. The third-order valence-corrected chi connectivity index (χ3v) is 2.95. The smallest absolute Gasteiger partial charge is 0.198 e. The van der Waals surface area contributed by atoms with Crippen molar-refractivity contribution in [1.82, 2.24) is 0 Å². The zero-order valence-corrected chi connectivity index (χ0v) is 11.3. The van der Waals surface area contributed by atoms with E-state index in [4.69, 9.17) is 15.7 Å². The molecule has 0 unspecified atom stereocenters. The molecule has 21 heavy (non-hydrogen) atoms. The van der Waals surface area contributed by atoms with Gasteiger partial charge in [0.15, 0.2) is 23.2 Å². The highest BCUT2D eigenvalue weighted by atomic mass is 19.1. The Hall–Kier alpha value is -2.63. The van der Waals surface area contributed by atoms with Crippen LogP contribution in [0.4, 0.5) is 8.78 Å². The number of nitrogens with zero attached hydrogens (tertiary/aromatic N) is 1. The number of benzene rings is 2. The first-order chi connectivity index (χ1) is 10.0. The minimum absolute atomic E-state index is 0.0684. The molecule has 0 amide bonds. The number of oxime groups is 1. The lowest BCUT2D eigenvalue weighted by Crippen LogP contribution is -2.14. The van der Waals surface area contributed by atoms with Crippen LogP contribution in [0, 0.1) is 11.6 Å². The summed E-state index contributed by atoms with van der Waals surface area (Å²) in [5.74, 6) is -2.46. The van der Waals surface area contributed by atoms with Crippen molar-refractivity contribution in [2.24, 2.45) is 10.9 Å². The minimum atomic E-state index is -0.934. The predicted octanol–water partition coefficient (Wildman–Crippen LogP) is 3.41. The molecule has 110 valence electrons. The van der Waals surface area contributed by atoms with E-state index in [2.05, 4.69) is 5.16 Å². The van der Waals surface area contributed by atoms with E-state index >= 15 is 0 Å². The van der Waals surface area contributed by atoms with E-state index in [0.717, 1.165) is 24.1 Å². The van der Waals surface area contributed by atoms with E-state index in [-0.39, 0.29) is 11.4 Å². The summed E-state index contributed by atoms with van der Waals surface area (Å²) in [6.07, 6.45) is 0.859. The van der Waals surface area contributed by atoms with Crippen LogP contribution < -0.4 is 10.5 Å². The van der Waals surface area contributed by atoms with Crippen molar-refractivity contribution in [3.8, 4) is 11.5 Å². The van der Waals surface area contributed by atoms with E-state index in [1.165, 1.54) is 0 Å². The zero-order valence-electron chi connectivity index (χ0n) is 11.3. The maximum absolute atomic E-state index is 13.9. The molecule has 0 aromatic heterocycles. The first kappa shape index (κ1) is 14.8. The predicted molar refractivity (Wildman–Crippen MR) is 74.8 cm³/mol. The maximum atomic E-state index is 13.9. The molecule has 0 aliphatic rings. The Kier molecular flexibility index (Phi) is 4.37. The molecule has 6 heteroatoms. The molecular weight excluding hydrogens is 278 g/mol. The van der Waals surface area contributed by atoms with E-state index in [0.29, 0.717) is 5.75 Å². The average Bonchev–Trinajstić information content (AvgIpc) is 2.50. The number of hydrogen-bond acceptors (Lipinski definition) is 3. The van der Waals surface area contributed by atoms with Gasteiger partial charge in [-0.05, 0) is 36.2 Å². The van der Waals surface area contributed by atoms with Crippen molar-refractivity contribution < 1.29 is 18.7 Å². The molecule has 0 heterocycles. The van der Waals surface area contributed by atoms with Gasteiger partial charge in [-0.25, -0.2) is 8.78 Å². The molecule has 0 radical (unpaired) electrons. The monoisotopic (exact) mass is 292 g/mol. The largest absolute Gasteiger partial charge is 0.451 e. The fourth-order valence-electron chi connectivity index (χ4n) is 1.77. The number of rotatable bonds is 4. The van der Waals surface area contributed by atoms with E-state index in [1.54, 1.807) is 12.1 Å². The Bertz CT molecular complexity index is 647. The number of aryl methyl sites for hydroxylation is 1. The third-order valence-electron chi connectivity index (χ3n) is 2.95. The highest BCUT2D eigenvalue weighted by Gasteiger charge is 2.15. The van der Waals surface area contributed by atoms with Crippen LogP contribution in [0.2, 0.25) is 0 Å². The Labute approximate surface area is 120 Å². The van der Waals surface area contributed by atoms with Crippen molar-refractivity contribution in [2.75, 3.05) is 0 Å². The lowest BCUT2D eigenvalue weighted by Gasteiger charge is -2.10. The standard InChI is InChI=1S/C15H14F2N2O2/c1-2-9-3-5-11(6-4-9)21-14-12(16)7-10(8-13(14)17)15(18)19-20/h3-8,20H,2H2,1H3,(H2,18,19). The molecule has 4 nitrogen and oxygen atoms in total. The molecule has 0 spiro atoms. The quantitative estimate of drug-likeness (QED) is 0.393. The van der Waals surface area contributed by atoms with Crippen LogP contribution in [0.15, 0.2) is 41.6 Å². The second kappa shape index (κ2) is 6.21. The van der Waals surface area contributed by atoms with Crippen molar-refractivity contribution in [1.29, 1.82) is 0 Å². The van der Waals surface area contributed by atoms with E-state index < -0.39 is 17.4 Å². The number of amidine groups is 1. The topological polar surface area (TPSA) is 67.8 Å². The molecule has 0 saturated heterocycles. The molecule has 0 bridgehead atoms. The van der Waals surface area contributed by atoms with Crippen LogP contribution in [0.25, 0.3) is 0 Å². The van der Waals surface area contributed by atoms with Gasteiger partial charge in [0.1, 0.15) is 5.75 Å². The van der Waals surface area contributed by atoms with E-state index in [1.807, 2.05) is 19.1 Å². The SMILES string of the molecule is CCc1ccc(Oc2c(F)cc(/C(N)=N/O)cc2F)cc1. The van der Waals surface area contributed by atoms with Gasteiger partial charge in [-0.2, -0.15) is 0 Å². The summed E-state index contributed by atoms with van der Waals surface area (Å²) >= 11 is 0. The second-order valence-corrected chi connectivity index (χ2v) is 4.35. The summed E-state index contributed by atoms with van der Waals surface area (Å²) < 4.78 is 33.0. The first-order valence-electron chi connectivity index (χ1n) is 6.29. The van der Waals surface area contributed by atoms with Gasteiger partial charge in [-0.15, -0.1) is 0 Å². The lowest BCUT2D eigenvalue weighted by molar-refractivity contribution is 0.318. The summed E-state index contributed by atoms with van der Waals surface area (Å²) in [5, 5.41) is 11.2. The highest BCUT2D eigenvalue weighted by Crippen LogP contribution is 2.28. The van der Waals surface area contributed by atoms with Gasteiger partial charge in [-0.1, -0.05) is 24.2 Å².